The van der Waals surface area contributed by atoms with E-state index < -0.39 is 0 Å². The Morgan fingerprint density at radius 2 is 2.29 bits per heavy atom. The molecule has 0 aliphatic rings. The molecule has 0 radical (unpaired) electrons. The van der Waals surface area contributed by atoms with Crippen molar-refractivity contribution in [1.29, 1.82) is 5.26 Å². The van der Waals surface area contributed by atoms with Gasteiger partial charge in [-0.3, -0.25) is 4.79 Å². The lowest BCUT2D eigenvalue weighted by molar-refractivity contribution is -0.124. The van der Waals surface area contributed by atoms with E-state index in [0.717, 1.165) is 6.42 Å². The zero-order valence-electron chi connectivity index (χ0n) is 9.87. The summed E-state index contributed by atoms with van der Waals surface area (Å²) in [6.45, 7) is 3.78. The molecule has 0 saturated heterocycles. The Balaban J connectivity index is 2.74. The summed E-state index contributed by atoms with van der Waals surface area (Å²) in [5.41, 5.74) is 0.270. The number of benzene rings is 1. The third kappa shape index (κ3) is 3.47. The second-order valence-corrected chi connectivity index (χ2v) is 4.20. The molecule has 3 nitrogen and oxygen atoms in total. The van der Waals surface area contributed by atoms with Crippen LogP contribution in [-0.2, 0) is 4.79 Å². The molecule has 0 bridgehead atoms. The van der Waals surface area contributed by atoms with Gasteiger partial charge in [-0.05, 0) is 18.6 Å². The summed E-state index contributed by atoms with van der Waals surface area (Å²) in [6, 6.07) is 6.90. The van der Waals surface area contributed by atoms with Crippen LogP contribution in [0.4, 0.5) is 0 Å². The van der Waals surface area contributed by atoms with Crippen LogP contribution in [-0.4, -0.2) is 12.4 Å². The molecular formula is C13H14ClNO2. The summed E-state index contributed by atoms with van der Waals surface area (Å²) in [5.74, 6) is 0.354. The number of carbonyl (C=O) groups excluding carboxylic acids is 1. The van der Waals surface area contributed by atoms with Gasteiger partial charge in [-0.1, -0.05) is 31.5 Å². The highest BCUT2D eigenvalue weighted by Gasteiger charge is 2.13. The van der Waals surface area contributed by atoms with Crippen molar-refractivity contribution in [1.82, 2.24) is 0 Å². The number of hydrogen-bond donors (Lipinski definition) is 0. The van der Waals surface area contributed by atoms with Gasteiger partial charge in [0.25, 0.3) is 0 Å². The van der Waals surface area contributed by atoms with Crippen molar-refractivity contribution in [2.75, 3.05) is 6.61 Å². The largest absolute Gasteiger partial charge is 0.484 e. The Morgan fingerprint density at radius 3 is 2.88 bits per heavy atom. The Labute approximate surface area is 106 Å². The van der Waals surface area contributed by atoms with E-state index in [0.29, 0.717) is 10.8 Å². The van der Waals surface area contributed by atoms with E-state index >= 15 is 0 Å². The fourth-order valence-corrected chi connectivity index (χ4v) is 1.46. The molecule has 1 atom stereocenters. The molecule has 0 saturated carbocycles. The van der Waals surface area contributed by atoms with Crippen molar-refractivity contribution < 1.29 is 9.53 Å². The van der Waals surface area contributed by atoms with Crippen LogP contribution in [0.5, 0.6) is 5.75 Å². The Kier molecular flexibility index (Phi) is 4.99. The highest BCUT2D eigenvalue weighted by atomic mass is 35.5. The van der Waals surface area contributed by atoms with Crippen molar-refractivity contribution in [3.05, 3.63) is 28.8 Å². The molecule has 90 valence electrons. The van der Waals surface area contributed by atoms with Gasteiger partial charge < -0.3 is 4.74 Å². The molecule has 0 aliphatic heterocycles. The van der Waals surface area contributed by atoms with Crippen LogP contribution >= 0.6 is 11.6 Å². The Hall–Kier alpha value is -1.53. The lowest BCUT2D eigenvalue weighted by Crippen LogP contribution is -2.18. The number of Topliss-reactive ketones (excluding diaryl/α,β-unsaturated/α-hetero) is 1. The molecule has 0 fully saturated rings. The van der Waals surface area contributed by atoms with Gasteiger partial charge in [-0.25, -0.2) is 0 Å². The maximum Gasteiger partial charge on any atom is 0.172 e. The summed E-state index contributed by atoms with van der Waals surface area (Å²) in [7, 11) is 0. The van der Waals surface area contributed by atoms with Crippen molar-refractivity contribution in [3.8, 4) is 11.8 Å². The van der Waals surface area contributed by atoms with E-state index in [1.165, 1.54) is 0 Å². The Morgan fingerprint density at radius 1 is 1.59 bits per heavy atom. The number of rotatable bonds is 5. The molecule has 0 N–H and O–H groups in total. The second-order valence-electron chi connectivity index (χ2n) is 3.79. The minimum absolute atomic E-state index is 0.0238. The van der Waals surface area contributed by atoms with Crippen LogP contribution in [0, 0.1) is 17.2 Å². The Bertz CT molecular complexity index is 451. The van der Waals surface area contributed by atoms with E-state index in [1.54, 1.807) is 18.2 Å². The fraction of sp³-hybridized carbons (Fsp3) is 0.385. The number of ether oxygens (including phenoxy) is 1. The number of ketones is 1. The molecule has 0 aliphatic carbocycles. The molecule has 0 spiro atoms. The minimum Gasteiger partial charge on any atom is -0.484 e. The van der Waals surface area contributed by atoms with Crippen LogP contribution in [0.1, 0.15) is 25.8 Å². The first-order chi connectivity index (χ1) is 8.10. The number of halogens is 1. The molecule has 1 unspecified atom stereocenters. The van der Waals surface area contributed by atoms with Crippen molar-refractivity contribution >= 4 is 17.4 Å². The summed E-state index contributed by atoms with van der Waals surface area (Å²) in [4.78, 5) is 11.6. The van der Waals surface area contributed by atoms with E-state index in [2.05, 4.69) is 0 Å². The number of hydrogen-bond acceptors (Lipinski definition) is 3. The molecule has 4 heteroatoms. The van der Waals surface area contributed by atoms with E-state index in [1.807, 2.05) is 19.9 Å². The second kappa shape index (κ2) is 6.27. The van der Waals surface area contributed by atoms with E-state index in [-0.39, 0.29) is 23.9 Å². The summed E-state index contributed by atoms with van der Waals surface area (Å²) in [5, 5.41) is 9.25. The average molecular weight is 252 g/mol. The van der Waals surface area contributed by atoms with Gasteiger partial charge in [0, 0.05) is 5.92 Å². The van der Waals surface area contributed by atoms with E-state index in [9.17, 15) is 4.79 Å². The van der Waals surface area contributed by atoms with Gasteiger partial charge in [0.15, 0.2) is 5.78 Å². The number of nitrogens with zero attached hydrogens (tertiary/aromatic N) is 1. The van der Waals surface area contributed by atoms with Gasteiger partial charge >= 0.3 is 0 Å². The lowest BCUT2D eigenvalue weighted by Gasteiger charge is -2.10. The van der Waals surface area contributed by atoms with Crippen LogP contribution < -0.4 is 4.74 Å². The predicted octanol–water partition coefficient (Wildman–Crippen LogP) is 3.21. The summed E-state index contributed by atoms with van der Waals surface area (Å²) < 4.78 is 5.34. The summed E-state index contributed by atoms with van der Waals surface area (Å²) in [6.07, 6.45) is 0.781. The first-order valence-electron chi connectivity index (χ1n) is 5.44. The highest BCUT2D eigenvalue weighted by Crippen LogP contribution is 2.25. The predicted molar refractivity (Wildman–Crippen MR) is 66.1 cm³/mol. The maximum atomic E-state index is 11.6. The molecule has 17 heavy (non-hydrogen) atoms. The third-order valence-electron chi connectivity index (χ3n) is 2.62. The molecule has 1 aromatic carbocycles. The SMILES string of the molecule is CCC(C)C(=O)COc1cccc(Cl)c1C#N. The van der Waals surface area contributed by atoms with Gasteiger partial charge in [0.1, 0.15) is 24.0 Å². The molecule has 0 aromatic heterocycles. The van der Waals surface area contributed by atoms with Gasteiger partial charge in [0.05, 0.1) is 5.02 Å². The smallest absolute Gasteiger partial charge is 0.172 e. The zero-order valence-corrected chi connectivity index (χ0v) is 10.6. The molecule has 1 aromatic rings. The normalized spacial score (nSPS) is 11.6. The van der Waals surface area contributed by atoms with Gasteiger partial charge in [-0.2, -0.15) is 5.26 Å². The number of carbonyl (C=O) groups is 1. The van der Waals surface area contributed by atoms with Crippen LogP contribution in [0.15, 0.2) is 18.2 Å². The van der Waals surface area contributed by atoms with Gasteiger partial charge in [-0.15, -0.1) is 0 Å². The van der Waals surface area contributed by atoms with Gasteiger partial charge in [0.2, 0.25) is 0 Å². The first-order valence-corrected chi connectivity index (χ1v) is 5.82. The zero-order chi connectivity index (χ0) is 12.8. The molecule has 1 rings (SSSR count). The van der Waals surface area contributed by atoms with Crippen LogP contribution in [0.25, 0.3) is 0 Å². The van der Waals surface area contributed by atoms with Crippen LogP contribution in [0.3, 0.4) is 0 Å². The van der Waals surface area contributed by atoms with Crippen molar-refractivity contribution in [2.24, 2.45) is 5.92 Å². The first kappa shape index (κ1) is 13.5. The summed E-state index contributed by atoms with van der Waals surface area (Å²) >= 11 is 5.85. The standard InChI is InChI=1S/C13H14ClNO2/c1-3-9(2)12(16)8-17-13-6-4-5-11(14)10(13)7-15/h4-6,9H,3,8H2,1-2H3. The quantitative estimate of drug-likeness (QED) is 0.807. The van der Waals surface area contributed by atoms with Crippen molar-refractivity contribution in [2.45, 2.75) is 20.3 Å². The molecule has 0 amide bonds. The topological polar surface area (TPSA) is 50.1 Å². The lowest BCUT2D eigenvalue weighted by atomic mass is 10.0. The maximum absolute atomic E-state index is 11.6. The van der Waals surface area contributed by atoms with Crippen molar-refractivity contribution in [3.63, 3.8) is 0 Å². The fourth-order valence-electron chi connectivity index (χ4n) is 1.25. The van der Waals surface area contributed by atoms with E-state index in [4.69, 9.17) is 21.6 Å². The highest BCUT2D eigenvalue weighted by molar-refractivity contribution is 6.31. The minimum atomic E-state index is -0.0280. The molecule has 0 heterocycles. The van der Waals surface area contributed by atoms with Crippen LogP contribution in [0.2, 0.25) is 5.02 Å². The third-order valence-corrected chi connectivity index (χ3v) is 2.93. The molecular weight excluding hydrogens is 238 g/mol. The average Bonchev–Trinajstić information content (AvgIpc) is 2.34. The monoisotopic (exact) mass is 251 g/mol. The number of nitriles is 1.